The van der Waals surface area contributed by atoms with Gasteiger partial charge in [-0.3, -0.25) is 4.79 Å². The highest BCUT2D eigenvalue weighted by atomic mass is 35.5. The van der Waals surface area contributed by atoms with Crippen LogP contribution in [0.1, 0.15) is 44.7 Å². The molecule has 0 saturated heterocycles. The summed E-state index contributed by atoms with van der Waals surface area (Å²) in [5.74, 6) is 0.0919. The number of halogens is 1. The molecule has 0 bridgehead atoms. The van der Waals surface area contributed by atoms with Crippen LogP contribution in [0, 0.1) is 0 Å². The molecule has 0 aromatic heterocycles. The minimum absolute atomic E-state index is 0.0296. The lowest BCUT2D eigenvalue weighted by molar-refractivity contribution is -0.121. The molecule has 1 aromatic carbocycles. The van der Waals surface area contributed by atoms with Gasteiger partial charge in [-0.25, -0.2) is 0 Å². The predicted molar refractivity (Wildman–Crippen MR) is 67.5 cm³/mol. The van der Waals surface area contributed by atoms with E-state index in [0.29, 0.717) is 11.4 Å². The number of carbonyl (C=O) groups is 1. The summed E-state index contributed by atoms with van der Waals surface area (Å²) in [6.07, 6.45) is 2.56. The summed E-state index contributed by atoms with van der Waals surface area (Å²) in [6.45, 7) is 4.02. The van der Waals surface area contributed by atoms with Crippen LogP contribution in [0.25, 0.3) is 0 Å². The number of hydrogen-bond donors (Lipinski definition) is 1. The summed E-state index contributed by atoms with van der Waals surface area (Å²) in [7, 11) is 0. The van der Waals surface area contributed by atoms with Crippen LogP contribution in [0.5, 0.6) is 0 Å². The fourth-order valence-electron chi connectivity index (χ4n) is 1.56. The Hall–Kier alpha value is -1.02. The summed E-state index contributed by atoms with van der Waals surface area (Å²) in [6, 6.07) is 7.56. The van der Waals surface area contributed by atoms with Crippen LogP contribution >= 0.6 is 11.6 Å². The Labute approximate surface area is 102 Å². The molecule has 2 nitrogen and oxygen atoms in total. The van der Waals surface area contributed by atoms with Crippen molar-refractivity contribution in [1.29, 1.82) is 0 Å². The lowest BCUT2D eigenvalue weighted by Gasteiger charge is -2.15. The van der Waals surface area contributed by atoms with E-state index in [1.165, 1.54) is 0 Å². The topological polar surface area (TPSA) is 29.1 Å². The van der Waals surface area contributed by atoms with E-state index in [1.807, 2.05) is 31.2 Å². The maximum absolute atomic E-state index is 11.5. The third-order valence-electron chi connectivity index (χ3n) is 2.51. The zero-order valence-corrected chi connectivity index (χ0v) is 10.6. The first-order chi connectivity index (χ1) is 7.65. The van der Waals surface area contributed by atoms with Crippen molar-refractivity contribution >= 4 is 17.5 Å². The van der Waals surface area contributed by atoms with Crippen molar-refractivity contribution in [1.82, 2.24) is 5.32 Å². The Balaban J connectivity index is 2.55. The van der Waals surface area contributed by atoms with Crippen molar-refractivity contribution in [3.8, 4) is 0 Å². The molecule has 3 heteroatoms. The maximum Gasteiger partial charge on any atom is 0.220 e. The van der Waals surface area contributed by atoms with Gasteiger partial charge in [0.25, 0.3) is 0 Å². The van der Waals surface area contributed by atoms with E-state index >= 15 is 0 Å². The number of carbonyl (C=O) groups excluding carboxylic acids is 1. The summed E-state index contributed by atoms with van der Waals surface area (Å²) in [5.41, 5.74) is 0.967. The molecule has 0 heterocycles. The third kappa shape index (κ3) is 3.86. The highest BCUT2D eigenvalue weighted by Gasteiger charge is 2.11. The molecule has 0 fully saturated rings. The third-order valence-corrected chi connectivity index (χ3v) is 2.85. The Morgan fingerprint density at radius 2 is 2.12 bits per heavy atom. The Kier molecular flexibility index (Phi) is 5.33. The van der Waals surface area contributed by atoms with Gasteiger partial charge in [0.05, 0.1) is 6.04 Å². The quantitative estimate of drug-likeness (QED) is 0.834. The lowest BCUT2D eigenvalue weighted by Crippen LogP contribution is -2.26. The maximum atomic E-state index is 11.5. The Bertz CT molecular complexity index is 352. The molecule has 1 unspecified atom stereocenters. The van der Waals surface area contributed by atoms with Crippen LogP contribution in [0.2, 0.25) is 5.02 Å². The highest BCUT2D eigenvalue weighted by Crippen LogP contribution is 2.22. The molecule has 88 valence electrons. The summed E-state index contributed by atoms with van der Waals surface area (Å²) >= 11 is 6.06. The van der Waals surface area contributed by atoms with Gasteiger partial charge in [-0.2, -0.15) is 0 Å². The monoisotopic (exact) mass is 239 g/mol. The second-order valence-corrected chi connectivity index (χ2v) is 4.32. The first-order valence-corrected chi connectivity index (χ1v) is 6.06. The van der Waals surface area contributed by atoms with Gasteiger partial charge in [-0.05, 0) is 25.0 Å². The van der Waals surface area contributed by atoms with Crippen molar-refractivity contribution in [3.63, 3.8) is 0 Å². The second-order valence-electron chi connectivity index (χ2n) is 3.91. The van der Waals surface area contributed by atoms with Crippen LogP contribution < -0.4 is 5.32 Å². The molecule has 0 aliphatic heterocycles. The van der Waals surface area contributed by atoms with E-state index in [9.17, 15) is 4.79 Å². The van der Waals surface area contributed by atoms with E-state index in [-0.39, 0.29) is 11.9 Å². The van der Waals surface area contributed by atoms with Crippen LogP contribution in [0.3, 0.4) is 0 Å². The van der Waals surface area contributed by atoms with Crippen LogP contribution in [-0.4, -0.2) is 5.91 Å². The number of unbranched alkanes of at least 4 members (excludes halogenated alkanes) is 1. The summed E-state index contributed by atoms with van der Waals surface area (Å²) in [4.78, 5) is 11.5. The Morgan fingerprint density at radius 3 is 2.75 bits per heavy atom. The van der Waals surface area contributed by atoms with Crippen LogP contribution in [-0.2, 0) is 4.79 Å². The van der Waals surface area contributed by atoms with Gasteiger partial charge in [-0.1, -0.05) is 43.1 Å². The first kappa shape index (κ1) is 13.0. The van der Waals surface area contributed by atoms with Crippen LogP contribution in [0.15, 0.2) is 24.3 Å². The van der Waals surface area contributed by atoms with E-state index in [2.05, 4.69) is 12.2 Å². The van der Waals surface area contributed by atoms with Gasteiger partial charge in [0.1, 0.15) is 0 Å². The molecule has 0 spiro atoms. The van der Waals surface area contributed by atoms with Gasteiger partial charge in [0.15, 0.2) is 0 Å². The molecule has 16 heavy (non-hydrogen) atoms. The molecule has 1 N–H and O–H groups in total. The van der Waals surface area contributed by atoms with Crippen molar-refractivity contribution in [2.24, 2.45) is 0 Å². The minimum atomic E-state index is -0.0296. The van der Waals surface area contributed by atoms with E-state index in [4.69, 9.17) is 11.6 Å². The minimum Gasteiger partial charge on any atom is -0.350 e. The fourth-order valence-corrected chi connectivity index (χ4v) is 1.85. The second kappa shape index (κ2) is 6.54. The number of benzene rings is 1. The van der Waals surface area contributed by atoms with Crippen molar-refractivity contribution < 1.29 is 4.79 Å². The van der Waals surface area contributed by atoms with E-state index in [1.54, 1.807) is 0 Å². The molecule has 0 saturated carbocycles. The first-order valence-electron chi connectivity index (χ1n) is 5.69. The fraction of sp³-hybridized carbons (Fsp3) is 0.462. The number of amides is 1. The SMILES string of the molecule is CCCCC(=O)NC(C)c1ccccc1Cl. The molecule has 1 rings (SSSR count). The Morgan fingerprint density at radius 1 is 1.44 bits per heavy atom. The molecule has 1 atom stereocenters. The summed E-state index contributed by atoms with van der Waals surface area (Å²) < 4.78 is 0. The largest absolute Gasteiger partial charge is 0.350 e. The molecule has 0 aliphatic rings. The van der Waals surface area contributed by atoms with Gasteiger partial charge in [-0.15, -0.1) is 0 Å². The summed E-state index contributed by atoms with van der Waals surface area (Å²) in [5, 5.41) is 3.65. The van der Waals surface area contributed by atoms with Crippen LogP contribution in [0.4, 0.5) is 0 Å². The molecular formula is C13H18ClNO. The van der Waals surface area contributed by atoms with Crippen molar-refractivity contribution in [2.45, 2.75) is 39.2 Å². The van der Waals surface area contributed by atoms with Crippen molar-refractivity contribution in [2.75, 3.05) is 0 Å². The molecule has 1 amide bonds. The highest BCUT2D eigenvalue weighted by molar-refractivity contribution is 6.31. The molecule has 1 aromatic rings. The molecule has 0 radical (unpaired) electrons. The van der Waals surface area contributed by atoms with Gasteiger partial charge in [0.2, 0.25) is 5.91 Å². The standard InChI is InChI=1S/C13H18ClNO/c1-3-4-9-13(16)15-10(2)11-7-5-6-8-12(11)14/h5-8,10H,3-4,9H2,1-2H3,(H,15,16). The van der Waals surface area contributed by atoms with E-state index in [0.717, 1.165) is 18.4 Å². The zero-order valence-electron chi connectivity index (χ0n) is 9.79. The normalized spacial score (nSPS) is 12.2. The van der Waals surface area contributed by atoms with E-state index < -0.39 is 0 Å². The smallest absolute Gasteiger partial charge is 0.220 e. The average Bonchev–Trinajstić information content (AvgIpc) is 2.26. The lowest BCUT2D eigenvalue weighted by atomic mass is 10.1. The van der Waals surface area contributed by atoms with Crippen molar-refractivity contribution in [3.05, 3.63) is 34.9 Å². The molecular weight excluding hydrogens is 222 g/mol. The number of nitrogens with one attached hydrogen (secondary N) is 1. The van der Waals surface area contributed by atoms with Gasteiger partial charge in [0, 0.05) is 11.4 Å². The number of hydrogen-bond acceptors (Lipinski definition) is 1. The zero-order chi connectivity index (χ0) is 12.0. The number of rotatable bonds is 5. The van der Waals surface area contributed by atoms with Gasteiger partial charge < -0.3 is 5.32 Å². The van der Waals surface area contributed by atoms with Gasteiger partial charge >= 0.3 is 0 Å². The predicted octanol–water partition coefficient (Wildman–Crippen LogP) is 3.71. The average molecular weight is 240 g/mol. The molecule has 0 aliphatic carbocycles.